The van der Waals surface area contributed by atoms with Gasteiger partial charge in [-0.15, -0.1) is 0 Å². The molecule has 2 heterocycles. The van der Waals surface area contributed by atoms with Gasteiger partial charge in [-0.2, -0.15) is 13.2 Å². The second kappa shape index (κ2) is 11.2. The summed E-state index contributed by atoms with van der Waals surface area (Å²) in [5.41, 5.74) is -0.286. The van der Waals surface area contributed by atoms with Gasteiger partial charge in [0.25, 0.3) is 5.56 Å². The zero-order valence-corrected chi connectivity index (χ0v) is 19.3. The average molecular weight is 494 g/mol. The lowest BCUT2D eigenvalue weighted by atomic mass is 10.1. The number of nitrogens with zero attached hydrogens (tertiary/aromatic N) is 3. The first-order valence-electron chi connectivity index (χ1n) is 10.2. The quantitative estimate of drug-likeness (QED) is 0.178. The Bertz CT molecular complexity index is 1210. The van der Waals surface area contributed by atoms with Crippen LogP contribution in [0.1, 0.15) is 24.1 Å². The molecule has 7 nitrogen and oxygen atoms in total. The van der Waals surface area contributed by atoms with Gasteiger partial charge in [0.1, 0.15) is 12.0 Å². The molecule has 0 amide bonds. The molecule has 0 spiro atoms. The summed E-state index contributed by atoms with van der Waals surface area (Å²) in [5.74, 6) is 1.43. The summed E-state index contributed by atoms with van der Waals surface area (Å²) in [6, 6.07) is 8.76. The van der Waals surface area contributed by atoms with Crippen LogP contribution in [0.4, 0.5) is 13.2 Å². The number of carbonyl (C=O) groups excluding carboxylic acids is 1. The topological polar surface area (TPSA) is 83.3 Å². The van der Waals surface area contributed by atoms with E-state index in [4.69, 9.17) is 9.47 Å². The summed E-state index contributed by atoms with van der Waals surface area (Å²) in [7, 11) is 3.01. The number of methoxy groups -OCH3 is 2. The number of carbonyl (C=O) groups is 1. The minimum Gasteiger partial charge on any atom is -0.493 e. The van der Waals surface area contributed by atoms with E-state index >= 15 is 0 Å². The third-order valence-electron chi connectivity index (χ3n) is 4.77. The van der Waals surface area contributed by atoms with E-state index < -0.39 is 11.9 Å². The summed E-state index contributed by atoms with van der Waals surface area (Å²) < 4.78 is 52.2. The minimum atomic E-state index is -4.66. The standard InChI is InChI=1S/C23H22F3N3O4S/c1-32-18-7-5-15(11-19(18)33-2)13-29-14-16(6-8-21(29)31)17-12-20(23(24,25)26)28-22(27-17)34-10-4-3-9-30/h5-9,11-12,14H,3-4,10,13H2,1-2H3. The zero-order chi connectivity index (χ0) is 24.7. The summed E-state index contributed by atoms with van der Waals surface area (Å²) in [5, 5.41) is -0.0478. The highest BCUT2D eigenvalue weighted by Crippen LogP contribution is 2.32. The van der Waals surface area contributed by atoms with Gasteiger partial charge in [-0.05, 0) is 36.2 Å². The Kier molecular flexibility index (Phi) is 8.32. The molecule has 0 saturated heterocycles. The van der Waals surface area contributed by atoms with Crippen LogP contribution in [0, 0.1) is 0 Å². The Balaban J connectivity index is 1.96. The van der Waals surface area contributed by atoms with E-state index in [-0.39, 0.29) is 23.0 Å². The lowest BCUT2D eigenvalue weighted by Gasteiger charge is -2.13. The maximum absolute atomic E-state index is 13.4. The molecule has 0 atom stereocenters. The Morgan fingerprint density at radius 3 is 2.50 bits per heavy atom. The molecule has 0 bridgehead atoms. The number of benzene rings is 1. The third kappa shape index (κ3) is 6.37. The first-order chi connectivity index (χ1) is 16.2. The predicted octanol–water partition coefficient (Wildman–Crippen LogP) is 4.46. The number of alkyl halides is 3. The number of halogens is 3. The van der Waals surface area contributed by atoms with E-state index in [2.05, 4.69) is 9.97 Å². The average Bonchev–Trinajstić information content (AvgIpc) is 2.82. The highest BCUT2D eigenvalue weighted by molar-refractivity contribution is 7.99. The molecule has 11 heteroatoms. The van der Waals surface area contributed by atoms with Crippen molar-refractivity contribution < 1.29 is 27.4 Å². The van der Waals surface area contributed by atoms with Gasteiger partial charge in [-0.3, -0.25) is 4.79 Å². The third-order valence-corrected chi connectivity index (χ3v) is 5.71. The van der Waals surface area contributed by atoms with Crippen molar-refractivity contribution in [1.29, 1.82) is 0 Å². The molecular weight excluding hydrogens is 471 g/mol. The first kappa shape index (κ1) is 25.3. The number of ether oxygens (including phenoxy) is 2. The number of hydrogen-bond donors (Lipinski definition) is 0. The summed E-state index contributed by atoms with van der Waals surface area (Å²) >= 11 is 1.04. The van der Waals surface area contributed by atoms with Crippen molar-refractivity contribution in [2.75, 3.05) is 20.0 Å². The lowest BCUT2D eigenvalue weighted by Crippen LogP contribution is -2.19. The van der Waals surface area contributed by atoms with Crippen molar-refractivity contribution in [3.63, 3.8) is 0 Å². The normalized spacial score (nSPS) is 11.3. The van der Waals surface area contributed by atoms with E-state index in [0.29, 0.717) is 35.7 Å². The largest absolute Gasteiger partial charge is 0.493 e. The second-order valence-corrected chi connectivity index (χ2v) is 8.21. The molecule has 0 aliphatic heterocycles. The molecule has 0 aliphatic rings. The van der Waals surface area contributed by atoms with Gasteiger partial charge in [-0.25, -0.2) is 9.97 Å². The van der Waals surface area contributed by atoms with Crippen molar-refractivity contribution in [3.05, 3.63) is 64.2 Å². The van der Waals surface area contributed by atoms with E-state index in [1.54, 1.807) is 18.2 Å². The molecule has 3 rings (SSSR count). The SMILES string of the molecule is COc1ccc(Cn2cc(-c3cc(C(F)(F)F)nc(SCCCC=O)n3)ccc2=O)cc1OC. The van der Waals surface area contributed by atoms with Crippen LogP contribution in [0.5, 0.6) is 11.5 Å². The molecular formula is C23H22F3N3O4S. The van der Waals surface area contributed by atoms with Gasteiger partial charge in [0.15, 0.2) is 16.7 Å². The number of aromatic nitrogens is 3. The van der Waals surface area contributed by atoms with Crippen LogP contribution in [0.3, 0.4) is 0 Å². The van der Waals surface area contributed by atoms with E-state index in [1.165, 1.54) is 37.1 Å². The monoisotopic (exact) mass is 493 g/mol. The summed E-state index contributed by atoms with van der Waals surface area (Å²) in [4.78, 5) is 30.8. The Labute approximate surface area is 198 Å². The Morgan fingerprint density at radius 1 is 1.06 bits per heavy atom. The first-order valence-corrected chi connectivity index (χ1v) is 11.2. The van der Waals surface area contributed by atoms with Gasteiger partial charge in [0.2, 0.25) is 0 Å². The number of pyridine rings is 1. The lowest BCUT2D eigenvalue weighted by molar-refractivity contribution is -0.141. The highest BCUT2D eigenvalue weighted by Gasteiger charge is 2.34. The van der Waals surface area contributed by atoms with Crippen LogP contribution in [0.15, 0.2) is 52.5 Å². The molecule has 0 radical (unpaired) electrons. The van der Waals surface area contributed by atoms with Crippen LogP contribution in [0.25, 0.3) is 11.3 Å². The van der Waals surface area contributed by atoms with Crippen molar-refractivity contribution in [2.24, 2.45) is 0 Å². The molecule has 2 aromatic heterocycles. The predicted molar refractivity (Wildman–Crippen MR) is 121 cm³/mol. The molecule has 0 fully saturated rings. The van der Waals surface area contributed by atoms with Crippen LogP contribution >= 0.6 is 11.8 Å². The molecule has 0 unspecified atom stereocenters. The molecule has 34 heavy (non-hydrogen) atoms. The molecule has 0 N–H and O–H groups in total. The molecule has 0 aliphatic carbocycles. The number of unbranched alkanes of at least 4 members (excludes halogenated alkanes) is 1. The molecule has 3 aromatic rings. The van der Waals surface area contributed by atoms with Crippen LogP contribution in [0.2, 0.25) is 0 Å². The Morgan fingerprint density at radius 2 is 1.82 bits per heavy atom. The van der Waals surface area contributed by atoms with E-state index in [9.17, 15) is 22.8 Å². The molecule has 1 aromatic carbocycles. The fraction of sp³-hybridized carbons (Fsp3) is 0.304. The van der Waals surface area contributed by atoms with Gasteiger partial charge in [0, 0.05) is 30.0 Å². The van der Waals surface area contributed by atoms with Gasteiger partial charge < -0.3 is 18.8 Å². The van der Waals surface area contributed by atoms with Crippen molar-refractivity contribution in [1.82, 2.24) is 14.5 Å². The van der Waals surface area contributed by atoms with Crippen LogP contribution in [-0.4, -0.2) is 40.8 Å². The van der Waals surface area contributed by atoms with Crippen molar-refractivity contribution in [2.45, 2.75) is 30.7 Å². The molecule has 0 saturated carbocycles. The number of thioether (sulfide) groups is 1. The van der Waals surface area contributed by atoms with Crippen LogP contribution < -0.4 is 15.0 Å². The summed E-state index contributed by atoms with van der Waals surface area (Å²) in [6.07, 6.45) is -1.65. The number of hydrogen-bond acceptors (Lipinski definition) is 7. The van der Waals surface area contributed by atoms with Gasteiger partial charge >= 0.3 is 6.18 Å². The number of aldehydes is 1. The number of rotatable bonds is 10. The van der Waals surface area contributed by atoms with E-state index in [0.717, 1.165) is 29.7 Å². The van der Waals surface area contributed by atoms with Crippen molar-refractivity contribution >= 4 is 18.0 Å². The maximum Gasteiger partial charge on any atom is 0.433 e. The van der Waals surface area contributed by atoms with E-state index in [1.807, 2.05) is 0 Å². The minimum absolute atomic E-state index is 0.0428. The van der Waals surface area contributed by atoms with Gasteiger partial charge in [-0.1, -0.05) is 17.8 Å². The molecule has 180 valence electrons. The second-order valence-electron chi connectivity index (χ2n) is 7.15. The fourth-order valence-corrected chi connectivity index (χ4v) is 3.91. The Hall–Kier alpha value is -3.34. The maximum atomic E-state index is 13.4. The van der Waals surface area contributed by atoms with Gasteiger partial charge in [0.05, 0.1) is 26.5 Å². The van der Waals surface area contributed by atoms with Crippen LogP contribution in [-0.2, 0) is 17.5 Å². The highest BCUT2D eigenvalue weighted by atomic mass is 32.2. The van der Waals surface area contributed by atoms with Crippen molar-refractivity contribution in [3.8, 4) is 22.8 Å². The smallest absolute Gasteiger partial charge is 0.433 e. The fourth-order valence-electron chi connectivity index (χ4n) is 3.10. The summed E-state index contributed by atoms with van der Waals surface area (Å²) in [6.45, 7) is 0.164. The zero-order valence-electron chi connectivity index (χ0n) is 18.5.